The first-order valence-electron chi connectivity index (χ1n) is 7.62. The molecular weight excluding hydrogens is 298 g/mol. The van der Waals surface area contributed by atoms with Crippen molar-refractivity contribution in [2.24, 2.45) is 0 Å². The fourth-order valence-corrected chi connectivity index (χ4v) is 2.67. The molecule has 1 aromatic heterocycles. The van der Waals surface area contributed by atoms with Gasteiger partial charge in [-0.3, -0.25) is 4.79 Å². The Bertz CT molecular complexity index is 776. The van der Waals surface area contributed by atoms with Gasteiger partial charge in [0.15, 0.2) is 6.10 Å². The lowest BCUT2D eigenvalue weighted by molar-refractivity contribution is -0.142. The van der Waals surface area contributed by atoms with Gasteiger partial charge in [0.2, 0.25) is 0 Å². The molecule has 0 spiro atoms. The molecule has 0 bridgehead atoms. The van der Waals surface area contributed by atoms with Gasteiger partial charge in [0.05, 0.1) is 13.2 Å². The van der Waals surface area contributed by atoms with Crippen molar-refractivity contribution in [2.75, 3.05) is 26.3 Å². The van der Waals surface area contributed by atoms with Crippen LogP contribution in [-0.4, -0.2) is 43.2 Å². The van der Waals surface area contributed by atoms with E-state index in [0.29, 0.717) is 37.6 Å². The molecule has 6 heteroatoms. The van der Waals surface area contributed by atoms with Crippen LogP contribution in [0.25, 0.3) is 11.0 Å². The van der Waals surface area contributed by atoms with E-state index in [0.717, 1.165) is 10.9 Å². The average molecular weight is 317 g/mol. The van der Waals surface area contributed by atoms with Crippen LogP contribution < -0.4 is 10.4 Å². The molecule has 122 valence electrons. The van der Waals surface area contributed by atoms with Crippen LogP contribution >= 0.6 is 0 Å². The lowest BCUT2D eigenvalue weighted by atomic mass is 10.1. The van der Waals surface area contributed by atoms with E-state index in [4.69, 9.17) is 13.9 Å². The fourth-order valence-electron chi connectivity index (χ4n) is 2.67. The first-order valence-corrected chi connectivity index (χ1v) is 7.62. The van der Waals surface area contributed by atoms with E-state index in [2.05, 4.69) is 0 Å². The topological polar surface area (TPSA) is 69.0 Å². The van der Waals surface area contributed by atoms with Crippen LogP contribution in [0.15, 0.2) is 33.5 Å². The number of hydrogen-bond donors (Lipinski definition) is 0. The molecule has 1 fully saturated rings. The maximum atomic E-state index is 12.4. The Morgan fingerprint density at radius 1 is 1.26 bits per heavy atom. The molecule has 0 saturated carbocycles. The van der Waals surface area contributed by atoms with E-state index >= 15 is 0 Å². The molecule has 1 saturated heterocycles. The molecule has 2 heterocycles. The largest absolute Gasteiger partial charge is 0.481 e. The summed E-state index contributed by atoms with van der Waals surface area (Å²) in [4.78, 5) is 25.5. The number of rotatable bonds is 3. The molecule has 1 atom stereocenters. The lowest BCUT2D eigenvalue weighted by Crippen LogP contribution is -2.46. The number of aryl methyl sites for hydroxylation is 1. The normalized spacial score (nSPS) is 16.3. The van der Waals surface area contributed by atoms with Gasteiger partial charge in [0.1, 0.15) is 11.3 Å². The van der Waals surface area contributed by atoms with Crippen molar-refractivity contribution in [2.45, 2.75) is 20.0 Å². The highest BCUT2D eigenvalue weighted by Gasteiger charge is 2.23. The molecule has 0 N–H and O–H groups in total. The third-order valence-electron chi connectivity index (χ3n) is 3.90. The number of carbonyl (C=O) groups excluding carboxylic acids is 1. The van der Waals surface area contributed by atoms with E-state index < -0.39 is 6.10 Å². The van der Waals surface area contributed by atoms with Crippen LogP contribution in [0.4, 0.5) is 0 Å². The fraction of sp³-hybridized carbons (Fsp3) is 0.412. The van der Waals surface area contributed by atoms with Crippen LogP contribution in [-0.2, 0) is 9.53 Å². The lowest BCUT2D eigenvalue weighted by Gasteiger charge is -2.29. The molecule has 0 radical (unpaired) electrons. The molecule has 1 unspecified atom stereocenters. The summed E-state index contributed by atoms with van der Waals surface area (Å²) < 4.78 is 16.2. The number of morpholine rings is 1. The van der Waals surface area contributed by atoms with Gasteiger partial charge in [-0.25, -0.2) is 4.79 Å². The molecule has 1 aliphatic heterocycles. The predicted molar refractivity (Wildman–Crippen MR) is 84.7 cm³/mol. The maximum Gasteiger partial charge on any atom is 0.336 e. The summed E-state index contributed by atoms with van der Waals surface area (Å²) in [6.07, 6.45) is -0.582. The van der Waals surface area contributed by atoms with E-state index in [-0.39, 0.29) is 11.5 Å². The zero-order chi connectivity index (χ0) is 16.4. The number of amides is 1. The summed E-state index contributed by atoms with van der Waals surface area (Å²) in [5.74, 6) is 0.522. The number of ether oxygens (including phenoxy) is 2. The zero-order valence-electron chi connectivity index (χ0n) is 13.2. The molecule has 2 aromatic rings. The summed E-state index contributed by atoms with van der Waals surface area (Å²) in [6.45, 7) is 5.88. The van der Waals surface area contributed by atoms with Crippen molar-refractivity contribution in [1.82, 2.24) is 4.90 Å². The van der Waals surface area contributed by atoms with Crippen LogP contribution in [0.2, 0.25) is 0 Å². The quantitative estimate of drug-likeness (QED) is 0.806. The van der Waals surface area contributed by atoms with E-state index in [1.54, 1.807) is 30.0 Å². The predicted octanol–water partition coefficient (Wildman–Crippen LogP) is 1.73. The summed E-state index contributed by atoms with van der Waals surface area (Å²) in [5.41, 5.74) is 0.947. The van der Waals surface area contributed by atoms with Gasteiger partial charge in [-0.05, 0) is 37.6 Å². The standard InChI is InChI=1S/C17H19NO5/c1-11-9-16(19)23-15-4-3-13(10-14(11)15)22-12(2)17(20)18-5-7-21-8-6-18/h3-4,9-10,12H,5-8H2,1-2H3. The van der Waals surface area contributed by atoms with Crippen LogP contribution in [0.5, 0.6) is 5.75 Å². The first-order chi connectivity index (χ1) is 11.0. The highest BCUT2D eigenvalue weighted by atomic mass is 16.5. The summed E-state index contributed by atoms with van der Waals surface area (Å²) in [6, 6.07) is 6.62. The van der Waals surface area contributed by atoms with Crippen LogP contribution in [0, 0.1) is 6.92 Å². The Kier molecular flexibility index (Phi) is 4.34. The number of fused-ring (bicyclic) bond motifs is 1. The Morgan fingerprint density at radius 3 is 2.74 bits per heavy atom. The minimum Gasteiger partial charge on any atom is -0.481 e. The Morgan fingerprint density at radius 2 is 2.00 bits per heavy atom. The Balaban J connectivity index is 1.78. The SMILES string of the molecule is Cc1cc(=O)oc2ccc(OC(C)C(=O)N3CCOCC3)cc12. The second kappa shape index (κ2) is 6.42. The van der Waals surface area contributed by atoms with Gasteiger partial charge < -0.3 is 18.8 Å². The summed E-state index contributed by atoms with van der Waals surface area (Å²) >= 11 is 0. The molecular formula is C17H19NO5. The van der Waals surface area contributed by atoms with Gasteiger partial charge in [0, 0.05) is 24.5 Å². The van der Waals surface area contributed by atoms with E-state index in [9.17, 15) is 9.59 Å². The van der Waals surface area contributed by atoms with Gasteiger partial charge in [0.25, 0.3) is 5.91 Å². The highest BCUT2D eigenvalue weighted by Crippen LogP contribution is 2.23. The maximum absolute atomic E-state index is 12.4. The smallest absolute Gasteiger partial charge is 0.336 e. The number of hydrogen-bond acceptors (Lipinski definition) is 5. The molecule has 1 aliphatic rings. The van der Waals surface area contributed by atoms with Crippen molar-refractivity contribution in [3.05, 3.63) is 40.2 Å². The van der Waals surface area contributed by atoms with Crippen molar-refractivity contribution in [3.63, 3.8) is 0 Å². The highest BCUT2D eigenvalue weighted by molar-refractivity contribution is 5.83. The van der Waals surface area contributed by atoms with Crippen LogP contribution in [0.3, 0.4) is 0 Å². The average Bonchev–Trinajstić information content (AvgIpc) is 2.55. The molecule has 23 heavy (non-hydrogen) atoms. The Hall–Kier alpha value is -2.34. The number of nitrogens with zero attached hydrogens (tertiary/aromatic N) is 1. The van der Waals surface area contributed by atoms with Gasteiger partial charge >= 0.3 is 5.63 Å². The van der Waals surface area contributed by atoms with Crippen LogP contribution in [0.1, 0.15) is 12.5 Å². The number of benzene rings is 1. The second-order valence-electron chi connectivity index (χ2n) is 5.60. The molecule has 3 rings (SSSR count). The first kappa shape index (κ1) is 15.6. The zero-order valence-corrected chi connectivity index (χ0v) is 13.2. The molecule has 0 aliphatic carbocycles. The van der Waals surface area contributed by atoms with Gasteiger partial charge in [-0.15, -0.1) is 0 Å². The minimum atomic E-state index is -0.582. The third-order valence-corrected chi connectivity index (χ3v) is 3.90. The van der Waals surface area contributed by atoms with Gasteiger partial charge in [-0.2, -0.15) is 0 Å². The van der Waals surface area contributed by atoms with Crippen molar-refractivity contribution >= 4 is 16.9 Å². The third kappa shape index (κ3) is 3.37. The van der Waals surface area contributed by atoms with Crippen molar-refractivity contribution in [3.8, 4) is 5.75 Å². The summed E-state index contributed by atoms with van der Waals surface area (Å²) in [5, 5.41) is 0.799. The molecule has 1 aromatic carbocycles. The second-order valence-corrected chi connectivity index (χ2v) is 5.60. The summed E-state index contributed by atoms with van der Waals surface area (Å²) in [7, 11) is 0. The minimum absolute atomic E-state index is 0.0512. The van der Waals surface area contributed by atoms with Crippen molar-refractivity contribution < 1.29 is 18.7 Å². The van der Waals surface area contributed by atoms with E-state index in [1.165, 1.54) is 6.07 Å². The monoisotopic (exact) mass is 317 g/mol. The number of carbonyl (C=O) groups is 1. The van der Waals surface area contributed by atoms with E-state index in [1.807, 2.05) is 6.92 Å². The molecule has 1 amide bonds. The van der Waals surface area contributed by atoms with Crippen molar-refractivity contribution in [1.29, 1.82) is 0 Å². The molecule has 6 nitrogen and oxygen atoms in total. The van der Waals surface area contributed by atoms with Gasteiger partial charge in [-0.1, -0.05) is 0 Å². The Labute approximate surface area is 133 Å².